The van der Waals surface area contributed by atoms with Crippen molar-refractivity contribution in [3.63, 3.8) is 0 Å². The maximum absolute atomic E-state index is 11.1. The van der Waals surface area contributed by atoms with Crippen LogP contribution in [0, 0.1) is 10.1 Å². The fourth-order valence-corrected chi connectivity index (χ4v) is 3.33. The van der Waals surface area contributed by atoms with Crippen molar-refractivity contribution in [2.75, 3.05) is 0 Å². The van der Waals surface area contributed by atoms with Crippen LogP contribution in [0.5, 0.6) is 5.75 Å². The highest BCUT2D eigenvalue weighted by Crippen LogP contribution is 2.34. The second-order valence-corrected chi connectivity index (χ2v) is 7.13. The van der Waals surface area contributed by atoms with Gasteiger partial charge in [0.25, 0.3) is 5.69 Å². The minimum absolute atomic E-state index is 0.0910. The Balaban J connectivity index is 1.56. The number of hydrogen-bond donors (Lipinski definition) is 1. The van der Waals surface area contributed by atoms with Gasteiger partial charge in [0, 0.05) is 23.4 Å². The Kier molecular flexibility index (Phi) is 5.81. The first-order valence-electron chi connectivity index (χ1n) is 9.02. The van der Waals surface area contributed by atoms with Gasteiger partial charge < -0.3 is 5.11 Å². The number of aliphatic imine (C=N–C) groups is 1. The summed E-state index contributed by atoms with van der Waals surface area (Å²) >= 11 is 1.32. The van der Waals surface area contributed by atoms with Crippen LogP contribution in [-0.4, -0.2) is 26.4 Å². The first kappa shape index (κ1) is 20.0. The Morgan fingerprint density at radius 2 is 1.61 bits per heavy atom. The third-order valence-corrected chi connectivity index (χ3v) is 5.02. The highest BCUT2D eigenvalue weighted by atomic mass is 32.1. The van der Waals surface area contributed by atoms with Crippen LogP contribution >= 0.6 is 11.3 Å². The highest BCUT2D eigenvalue weighted by molar-refractivity contribution is 7.18. The van der Waals surface area contributed by atoms with Crippen LogP contribution in [0.3, 0.4) is 0 Å². The van der Waals surface area contributed by atoms with E-state index < -0.39 is 4.92 Å². The summed E-state index contributed by atoms with van der Waals surface area (Å²) in [6.45, 7) is 0. The van der Waals surface area contributed by atoms with Gasteiger partial charge in [0.15, 0.2) is 11.4 Å². The van der Waals surface area contributed by atoms with E-state index in [1.807, 2.05) is 30.3 Å². The molecule has 0 aliphatic heterocycles. The molecule has 1 N–H and O–H groups in total. The number of azo groups is 1. The van der Waals surface area contributed by atoms with Crippen molar-refractivity contribution in [2.45, 2.75) is 0 Å². The fraction of sp³-hybridized carbons (Fsp3) is 0. The second-order valence-electron chi connectivity index (χ2n) is 6.17. The molecule has 9 nitrogen and oxygen atoms in total. The minimum Gasteiger partial charge on any atom is -0.505 e. The van der Waals surface area contributed by atoms with Crippen LogP contribution < -0.4 is 0 Å². The summed E-state index contributed by atoms with van der Waals surface area (Å²) in [6.07, 6.45) is 1.45. The number of aromatic hydroxyl groups is 1. The largest absolute Gasteiger partial charge is 0.505 e. The number of benzene rings is 3. The zero-order valence-corrected chi connectivity index (χ0v) is 16.7. The Labute approximate surface area is 180 Å². The molecule has 3 aromatic carbocycles. The van der Waals surface area contributed by atoms with E-state index in [0.29, 0.717) is 10.7 Å². The molecule has 4 aromatic rings. The molecule has 1 heterocycles. The summed E-state index contributed by atoms with van der Waals surface area (Å²) in [5.41, 5.74) is 1.42. The molecule has 0 saturated carbocycles. The number of phenolic OH excluding ortho intramolecular Hbond substituents is 1. The Morgan fingerprint density at radius 3 is 2.42 bits per heavy atom. The normalized spacial score (nSPS) is 11.4. The number of nitro benzene ring substituents is 1. The van der Waals surface area contributed by atoms with Crippen LogP contribution in [0.2, 0.25) is 0 Å². The van der Waals surface area contributed by atoms with Gasteiger partial charge in [0.2, 0.25) is 5.13 Å². The fourth-order valence-electron chi connectivity index (χ4n) is 2.63. The Hall–Kier alpha value is -4.31. The lowest BCUT2D eigenvalue weighted by molar-refractivity contribution is -0.384. The van der Waals surface area contributed by atoms with E-state index in [0.717, 1.165) is 10.6 Å². The van der Waals surface area contributed by atoms with E-state index in [-0.39, 0.29) is 22.8 Å². The predicted molar refractivity (Wildman–Crippen MR) is 118 cm³/mol. The molecule has 4 rings (SSSR count). The van der Waals surface area contributed by atoms with Crippen LogP contribution in [0.4, 0.5) is 22.2 Å². The van der Waals surface area contributed by atoms with Gasteiger partial charge in [-0.3, -0.25) is 10.1 Å². The van der Waals surface area contributed by atoms with Gasteiger partial charge in [0.05, 0.1) is 4.92 Å². The van der Waals surface area contributed by atoms with E-state index in [9.17, 15) is 15.2 Å². The van der Waals surface area contributed by atoms with Gasteiger partial charge in [-0.2, -0.15) is 0 Å². The van der Waals surface area contributed by atoms with Crippen LogP contribution in [0.1, 0.15) is 5.56 Å². The molecule has 0 aliphatic rings. The molecule has 152 valence electrons. The van der Waals surface area contributed by atoms with Crippen LogP contribution in [-0.2, 0) is 0 Å². The number of aromatic nitrogens is 2. The van der Waals surface area contributed by atoms with Crippen molar-refractivity contribution in [2.24, 2.45) is 15.2 Å². The molecule has 1 aromatic heterocycles. The number of nitrogens with zero attached hydrogens (tertiary/aromatic N) is 6. The third kappa shape index (κ3) is 4.65. The molecule has 0 atom stereocenters. The number of hydrogen-bond acceptors (Lipinski definition) is 9. The first-order chi connectivity index (χ1) is 15.1. The molecule has 10 heteroatoms. The highest BCUT2D eigenvalue weighted by Gasteiger charge is 2.12. The topological polar surface area (TPSA) is 126 Å². The monoisotopic (exact) mass is 430 g/mol. The van der Waals surface area contributed by atoms with Crippen molar-refractivity contribution in [3.05, 3.63) is 88.5 Å². The maximum atomic E-state index is 11.1. The number of para-hydroxylation sites is 2. The molecule has 0 aliphatic carbocycles. The Morgan fingerprint density at radius 1 is 0.903 bits per heavy atom. The molecule has 0 radical (unpaired) electrons. The molecule has 0 unspecified atom stereocenters. The summed E-state index contributed by atoms with van der Waals surface area (Å²) in [6, 6.07) is 20.5. The zero-order chi connectivity index (χ0) is 21.6. The van der Waals surface area contributed by atoms with Crippen LogP contribution in [0.25, 0.3) is 10.6 Å². The van der Waals surface area contributed by atoms with Crippen molar-refractivity contribution >= 4 is 39.7 Å². The smallest absolute Gasteiger partial charge is 0.296 e. The molecule has 0 amide bonds. The quantitative estimate of drug-likeness (QED) is 0.174. The standard InChI is InChI=1S/C21H14N6O3S/c28-19-15(13-22-21-26-25-20(31-21)14-7-2-1-3-8-14)9-6-11-17(19)24-23-16-10-4-5-12-18(16)27(29)30/h1-13,28H/b22-13+,24-23?. The van der Waals surface area contributed by atoms with Gasteiger partial charge in [0.1, 0.15) is 10.7 Å². The van der Waals surface area contributed by atoms with E-state index in [2.05, 4.69) is 25.4 Å². The number of phenols is 1. The zero-order valence-electron chi connectivity index (χ0n) is 15.9. The van der Waals surface area contributed by atoms with E-state index in [4.69, 9.17) is 0 Å². The molecule has 0 saturated heterocycles. The maximum Gasteiger partial charge on any atom is 0.296 e. The van der Waals surface area contributed by atoms with Gasteiger partial charge >= 0.3 is 0 Å². The summed E-state index contributed by atoms with van der Waals surface area (Å²) < 4.78 is 0. The summed E-state index contributed by atoms with van der Waals surface area (Å²) in [7, 11) is 0. The molecule has 0 spiro atoms. The van der Waals surface area contributed by atoms with E-state index in [1.165, 1.54) is 29.7 Å². The molecule has 0 fully saturated rings. The number of rotatable bonds is 6. The van der Waals surface area contributed by atoms with Crippen molar-refractivity contribution in [1.29, 1.82) is 0 Å². The van der Waals surface area contributed by atoms with Crippen LogP contribution in [0.15, 0.2) is 88.0 Å². The molecular formula is C21H14N6O3S. The first-order valence-corrected chi connectivity index (χ1v) is 9.83. The van der Waals surface area contributed by atoms with Gasteiger partial charge in [-0.1, -0.05) is 59.9 Å². The molecule has 31 heavy (non-hydrogen) atoms. The summed E-state index contributed by atoms with van der Waals surface area (Å²) in [4.78, 5) is 14.8. The Bertz CT molecular complexity index is 1290. The average molecular weight is 430 g/mol. The summed E-state index contributed by atoms with van der Waals surface area (Å²) in [5.74, 6) is -0.151. The lowest BCUT2D eigenvalue weighted by Crippen LogP contribution is -1.87. The minimum atomic E-state index is -0.539. The average Bonchev–Trinajstić information content (AvgIpc) is 3.27. The number of nitro groups is 1. The lowest BCUT2D eigenvalue weighted by Gasteiger charge is -2.01. The van der Waals surface area contributed by atoms with Gasteiger partial charge in [-0.15, -0.1) is 20.4 Å². The third-order valence-electron chi connectivity index (χ3n) is 4.14. The SMILES string of the molecule is O=[N+]([O-])c1ccccc1N=Nc1cccc(/C=N/c2nnc(-c3ccccc3)s2)c1O. The van der Waals surface area contributed by atoms with Crippen molar-refractivity contribution in [3.8, 4) is 16.3 Å². The van der Waals surface area contributed by atoms with Crippen molar-refractivity contribution < 1.29 is 10.0 Å². The van der Waals surface area contributed by atoms with E-state index >= 15 is 0 Å². The van der Waals surface area contributed by atoms with Crippen molar-refractivity contribution in [1.82, 2.24) is 10.2 Å². The van der Waals surface area contributed by atoms with Gasteiger partial charge in [-0.25, -0.2) is 4.99 Å². The van der Waals surface area contributed by atoms with E-state index in [1.54, 1.807) is 30.3 Å². The molecule has 0 bridgehead atoms. The lowest BCUT2D eigenvalue weighted by atomic mass is 10.2. The molecular weight excluding hydrogens is 416 g/mol. The van der Waals surface area contributed by atoms with Gasteiger partial charge in [-0.05, 0) is 18.2 Å². The predicted octanol–water partition coefficient (Wildman–Crippen LogP) is 5.98. The second kappa shape index (κ2) is 9.01. The summed E-state index contributed by atoms with van der Waals surface area (Å²) in [5, 5.41) is 38.8.